The van der Waals surface area contributed by atoms with Crippen molar-refractivity contribution < 1.29 is 9.47 Å². The van der Waals surface area contributed by atoms with Crippen molar-refractivity contribution in [1.29, 1.82) is 0 Å². The Bertz CT molecular complexity index is 1010. The highest BCUT2D eigenvalue weighted by Gasteiger charge is 2.17. The van der Waals surface area contributed by atoms with Gasteiger partial charge in [0, 0.05) is 24.5 Å². The maximum atomic E-state index is 5.46. The molecule has 0 amide bonds. The third-order valence-electron chi connectivity index (χ3n) is 5.03. The van der Waals surface area contributed by atoms with Crippen LogP contribution < -0.4 is 20.3 Å². The highest BCUT2D eigenvalue weighted by atomic mass is 35.5. The summed E-state index contributed by atoms with van der Waals surface area (Å²) in [5.74, 6) is 2.38. The van der Waals surface area contributed by atoms with Crippen LogP contribution in [0, 0.1) is 13.8 Å². The Balaban J connectivity index is 0.00000272. The van der Waals surface area contributed by atoms with Gasteiger partial charge in [0.15, 0.2) is 0 Å². The van der Waals surface area contributed by atoms with Crippen LogP contribution in [0.25, 0.3) is 0 Å². The van der Waals surface area contributed by atoms with E-state index in [1.54, 1.807) is 7.11 Å². The van der Waals surface area contributed by atoms with Crippen molar-refractivity contribution in [3.63, 3.8) is 0 Å². The highest BCUT2D eigenvalue weighted by Crippen LogP contribution is 2.23. The van der Waals surface area contributed by atoms with Gasteiger partial charge in [-0.25, -0.2) is 0 Å². The molecule has 2 heterocycles. The third kappa shape index (κ3) is 5.74. The SMILES string of the molecule is COc1ccc(Nc2nc(Nc3ccc(C)c(C)c3)nc(N3CCOCC3)n2)cc1.Cl. The van der Waals surface area contributed by atoms with Crippen molar-refractivity contribution in [2.24, 2.45) is 0 Å². The first-order chi connectivity index (χ1) is 14.6. The molecule has 9 heteroatoms. The number of morpholine rings is 1. The van der Waals surface area contributed by atoms with Crippen LogP contribution >= 0.6 is 12.4 Å². The summed E-state index contributed by atoms with van der Waals surface area (Å²) in [6, 6.07) is 13.8. The molecule has 0 atom stereocenters. The maximum Gasteiger partial charge on any atom is 0.233 e. The molecular formula is C22H27ClN6O2. The fraction of sp³-hybridized carbons (Fsp3) is 0.318. The van der Waals surface area contributed by atoms with E-state index in [-0.39, 0.29) is 12.4 Å². The minimum Gasteiger partial charge on any atom is -0.497 e. The normalized spacial score (nSPS) is 13.3. The van der Waals surface area contributed by atoms with Crippen molar-refractivity contribution in [3.8, 4) is 5.75 Å². The summed E-state index contributed by atoms with van der Waals surface area (Å²) >= 11 is 0. The van der Waals surface area contributed by atoms with E-state index >= 15 is 0 Å². The highest BCUT2D eigenvalue weighted by molar-refractivity contribution is 5.85. The molecular weight excluding hydrogens is 416 g/mol. The van der Waals surface area contributed by atoms with Crippen LogP contribution in [-0.4, -0.2) is 48.4 Å². The fourth-order valence-electron chi connectivity index (χ4n) is 3.13. The maximum absolute atomic E-state index is 5.46. The van der Waals surface area contributed by atoms with E-state index in [4.69, 9.17) is 9.47 Å². The summed E-state index contributed by atoms with van der Waals surface area (Å²) in [5, 5.41) is 6.58. The van der Waals surface area contributed by atoms with Crippen LogP contribution in [0.2, 0.25) is 0 Å². The van der Waals surface area contributed by atoms with E-state index in [0.29, 0.717) is 31.1 Å². The molecule has 0 unspecified atom stereocenters. The minimum atomic E-state index is 0. The van der Waals surface area contributed by atoms with Gasteiger partial charge in [-0.05, 0) is 61.4 Å². The van der Waals surface area contributed by atoms with Gasteiger partial charge in [-0.1, -0.05) is 6.07 Å². The number of aryl methyl sites for hydroxylation is 2. The molecule has 1 fully saturated rings. The van der Waals surface area contributed by atoms with Crippen LogP contribution in [0.4, 0.5) is 29.2 Å². The second kappa shape index (κ2) is 10.3. The van der Waals surface area contributed by atoms with Crippen LogP contribution in [0.3, 0.4) is 0 Å². The van der Waals surface area contributed by atoms with Gasteiger partial charge in [-0.2, -0.15) is 15.0 Å². The van der Waals surface area contributed by atoms with Crippen molar-refractivity contribution in [2.45, 2.75) is 13.8 Å². The molecule has 1 aliphatic rings. The monoisotopic (exact) mass is 442 g/mol. The van der Waals surface area contributed by atoms with Gasteiger partial charge < -0.3 is 25.0 Å². The fourth-order valence-corrected chi connectivity index (χ4v) is 3.13. The molecule has 4 rings (SSSR count). The zero-order chi connectivity index (χ0) is 20.9. The van der Waals surface area contributed by atoms with E-state index in [1.165, 1.54) is 11.1 Å². The van der Waals surface area contributed by atoms with Crippen LogP contribution in [0.1, 0.15) is 11.1 Å². The van der Waals surface area contributed by atoms with E-state index in [0.717, 1.165) is 30.2 Å². The first-order valence-electron chi connectivity index (χ1n) is 9.95. The van der Waals surface area contributed by atoms with Gasteiger partial charge in [-0.15, -0.1) is 12.4 Å². The first-order valence-corrected chi connectivity index (χ1v) is 9.95. The number of nitrogens with one attached hydrogen (secondary N) is 2. The molecule has 1 aromatic heterocycles. The van der Waals surface area contributed by atoms with E-state index < -0.39 is 0 Å². The number of nitrogens with zero attached hydrogens (tertiary/aromatic N) is 4. The number of aromatic nitrogens is 3. The lowest BCUT2D eigenvalue weighted by molar-refractivity contribution is 0.122. The van der Waals surface area contributed by atoms with Crippen molar-refractivity contribution in [1.82, 2.24) is 15.0 Å². The summed E-state index contributed by atoms with van der Waals surface area (Å²) in [6.45, 7) is 6.99. The Labute approximate surface area is 188 Å². The number of rotatable bonds is 6. The van der Waals surface area contributed by atoms with Crippen LogP contribution in [0.15, 0.2) is 42.5 Å². The Morgan fingerprint density at radius 2 is 1.45 bits per heavy atom. The molecule has 0 bridgehead atoms. The van der Waals surface area contributed by atoms with Crippen molar-refractivity contribution in [2.75, 3.05) is 48.9 Å². The average Bonchev–Trinajstić information content (AvgIpc) is 2.77. The van der Waals surface area contributed by atoms with Gasteiger partial charge >= 0.3 is 0 Å². The third-order valence-corrected chi connectivity index (χ3v) is 5.03. The van der Waals surface area contributed by atoms with Gasteiger partial charge in [0.25, 0.3) is 0 Å². The molecule has 0 spiro atoms. The average molecular weight is 443 g/mol. The summed E-state index contributed by atoms with van der Waals surface area (Å²) < 4.78 is 10.7. The Morgan fingerprint density at radius 3 is 2.06 bits per heavy atom. The predicted octanol–water partition coefficient (Wildman–Crippen LogP) is 4.24. The second-order valence-electron chi connectivity index (χ2n) is 7.16. The zero-order valence-corrected chi connectivity index (χ0v) is 18.7. The quantitative estimate of drug-likeness (QED) is 0.586. The lowest BCUT2D eigenvalue weighted by atomic mass is 10.1. The molecule has 3 aromatic rings. The largest absolute Gasteiger partial charge is 0.497 e. The molecule has 31 heavy (non-hydrogen) atoms. The number of hydrogen-bond acceptors (Lipinski definition) is 8. The summed E-state index contributed by atoms with van der Waals surface area (Å²) in [4.78, 5) is 16.0. The van der Waals surface area contributed by atoms with Crippen molar-refractivity contribution in [3.05, 3.63) is 53.6 Å². The van der Waals surface area contributed by atoms with Gasteiger partial charge in [0.1, 0.15) is 5.75 Å². The number of ether oxygens (including phenoxy) is 2. The van der Waals surface area contributed by atoms with E-state index in [2.05, 4.69) is 56.5 Å². The lowest BCUT2D eigenvalue weighted by Gasteiger charge is -2.27. The predicted molar refractivity (Wildman–Crippen MR) is 126 cm³/mol. The lowest BCUT2D eigenvalue weighted by Crippen LogP contribution is -2.37. The van der Waals surface area contributed by atoms with Crippen LogP contribution in [-0.2, 0) is 4.74 Å². The van der Waals surface area contributed by atoms with Gasteiger partial charge in [0.05, 0.1) is 20.3 Å². The molecule has 1 aliphatic heterocycles. The van der Waals surface area contributed by atoms with Gasteiger partial charge in [0.2, 0.25) is 17.8 Å². The number of benzene rings is 2. The number of methoxy groups -OCH3 is 1. The second-order valence-corrected chi connectivity index (χ2v) is 7.16. The number of hydrogen-bond donors (Lipinski definition) is 2. The van der Waals surface area contributed by atoms with E-state index in [1.807, 2.05) is 30.3 Å². The Kier molecular flexibility index (Phi) is 7.49. The standard InChI is InChI=1S/C22H26N6O2.ClH/c1-15-4-5-18(14-16(15)2)24-21-25-20(23-17-6-8-19(29-3)9-7-17)26-22(27-21)28-10-12-30-13-11-28;/h4-9,14H,10-13H2,1-3H3,(H2,23,24,25,26,27);1H. The summed E-state index contributed by atoms with van der Waals surface area (Å²) in [6.07, 6.45) is 0. The smallest absolute Gasteiger partial charge is 0.233 e. The minimum absolute atomic E-state index is 0. The molecule has 0 radical (unpaired) electrons. The molecule has 8 nitrogen and oxygen atoms in total. The molecule has 1 saturated heterocycles. The van der Waals surface area contributed by atoms with Crippen LogP contribution in [0.5, 0.6) is 5.75 Å². The molecule has 0 aliphatic carbocycles. The van der Waals surface area contributed by atoms with Crippen molar-refractivity contribution >= 4 is 41.6 Å². The zero-order valence-electron chi connectivity index (χ0n) is 17.9. The number of halogens is 1. The van der Waals surface area contributed by atoms with Gasteiger partial charge in [-0.3, -0.25) is 0 Å². The molecule has 164 valence electrons. The molecule has 0 saturated carbocycles. The Hall–Kier alpha value is -3.10. The first kappa shape index (κ1) is 22.6. The summed E-state index contributed by atoms with van der Waals surface area (Å²) in [5.41, 5.74) is 4.26. The Morgan fingerprint density at radius 1 is 0.839 bits per heavy atom. The number of anilines is 5. The topological polar surface area (TPSA) is 84.4 Å². The van der Waals surface area contributed by atoms with E-state index in [9.17, 15) is 0 Å². The molecule has 2 aromatic carbocycles. The molecule has 2 N–H and O–H groups in total. The summed E-state index contributed by atoms with van der Waals surface area (Å²) in [7, 11) is 1.65.